The van der Waals surface area contributed by atoms with Crippen molar-refractivity contribution in [2.75, 3.05) is 0 Å². The Balaban J connectivity index is -0.0000000317. The molecule has 0 aromatic rings. The molecular weight excluding hydrogens is 180 g/mol. The van der Waals surface area contributed by atoms with E-state index in [4.69, 9.17) is 0 Å². The van der Waals surface area contributed by atoms with Crippen molar-refractivity contribution in [3.63, 3.8) is 0 Å². The van der Waals surface area contributed by atoms with Crippen molar-refractivity contribution >= 4 is 0 Å². The lowest BCUT2D eigenvalue weighted by Gasteiger charge is -2.21. The van der Waals surface area contributed by atoms with Gasteiger partial charge in [0.25, 0.3) is 0 Å². The van der Waals surface area contributed by atoms with Gasteiger partial charge < -0.3 is 0 Å². The van der Waals surface area contributed by atoms with E-state index in [0.29, 0.717) is 0 Å². The van der Waals surface area contributed by atoms with Crippen LogP contribution in [-0.2, 0) is 0 Å². The van der Waals surface area contributed by atoms with E-state index in [9.17, 15) is 0 Å². The molecule has 0 nitrogen and oxygen atoms in total. The first kappa shape index (κ1) is 36.3. The molecule has 0 aliphatic rings. The molecule has 2 unspecified atom stereocenters. The maximum atomic E-state index is 2.35. The Kier molecular flexibility index (Phi) is 57.3. The fourth-order valence-electron chi connectivity index (χ4n) is 1.03. The van der Waals surface area contributed by atoms with Crippen LogP contribution in [0.2, 0.25) is 0 Å². The molecule has 0 heterocycles. The fraction of sp³-hybridized carbons (Fsp3) is 1.00. The zero-order chi connectivity index (χ0) is 9.44. The molecule has 0 aromatic heterocycles. The molecule has 0 aliphatic heterocycles. The van der Waals surface area contributed by atoms with Gasteiger partial charge in [-0.2, -0.15) is 0 Å². The first-order chi connectivity index (χ1) is 5.09. The maximum absolute atomic E-state index is 2.35. The van der Waals surface area contributed by atoms with Crippen molar-refractivity contribution in [1.29, 1.82) is 0 Å². The van der Waals surface area contributed by atoms with Crippen LogP contribution < -0.4 is 0 Å². The van der Waals surface area contributed by atoms with Crippen LogP contribution in [0.5, 0.6) is 0 Å². The summed E-state index contributed by atoms with van der Waals surface area (Å²) in [5.74, 6) is 2.62. The standard InChI is InChI=1S/C9H20.C2H6.4CH4/c1-6-8(4)9(5)7(2)3;1-2;;;;/h7-9H,6H2,1-5H3;1-2H3;4*1H4. The van der Waals surface area contributed by atoms with Gasteiger partial charge in [-0.1, -0.05) is 84.6 Å². The van der Waals surface area contributed by atoms with Gasteiger partial charge in [-0.3, -0.25) is 0 Å². The highest BCUT2D eigenvalue weighted by Crippen LogP contribution is 2.21. The van der Waals surface area contributed by atoms with Gasteiger partial charge in [0.15, 0.2) is 0 Å². The van der Waals surface area contributed by atoms with Crippen LogP contribution in [0.4, 0.5) is 0 Å². The van der Waals surface area contributed by atoms with Crippen LogP contribution in [-0.4, -0.2) is 0 Å². The smallest absolute Gasteiger partial charge is 0.0394 e. The maximum Gasteiger partial charge on any atom is -0.0394 e. The van der Waals surface area contributed by atoms with Gasteiger partial charge in [-0.05, 0) is 17.8 Å². The second-order valence-corrected chi connectivity index (χ2v) is 3.49. The highest BCUT2D eigenvalue weighted by atomic mass is 14.2. The van der Waals surface area contributed by atoms with Crippen molar-refractivity contribution in [3.8, 4) is 0 Å². The summed E-state index contributed by atoms with van der Waals surface area (Å²) in [7, 11) is 0. The van der Waals surface area contributed by atoms with E-state index in [1.165, 1.54) is 6.42 Å². The first-order valence-corrected chi connectivity index (χ1v) is 5.09. The van der Waals surface area contributed by atoms with Gasteiger partial charge in [-0.15, -0.1) is 0 Å². The van der Waals surface area contributed by atoms with Crippen molar-refractivity contribution < 1.29 is 0 Å². The molecule has 0 heteroatoms. The van der Waals surface area contributed by atoms with Gasteiger partial charge in [0.05, 0.1) is 0 Å². The zero-order valence-electron chi connectivity index (χ0n) is 9.44. The Morgan fingerprint density at radius 2 is 1.00 bits per heavy atom. The van der Waals surface area contributed by atoms with Crippen molar-refractivity contribution in [1.82, 2.24) is 0 Å². The minimum absolute atomic E-state index is 0. The molecule has 0 saturated carbocycles. The monoisotopic (exact) mass is 222 g/mol. The summed E-state index contributed by atoms with van der Waals surface area (Å²) in [6.07, 6.45) is 1.32. The topological polar surface area (TPSA) is 0 Å². The Labute approximate surface area is 103 Å². The normalized spacial score (nSPS) is 11.2. The van der Waals surface area contributed by atoms with E-state index in [0.717, 1.165) is 17.8 Å². The quantitative estimate of drug-likeness (QED) is 0.487. The average molecular weight is 223 g/mol. The Hall–Kier alpha value is 0. The fourth-order valence-corrected chi connectivity index (χ4v) is 1.03. The zero-order valence-corrected chi connectivity index (χ0v) is 9.44. The second-order valence-electron chi connectivity index (χ2n) is 3.49. The molecule has 0 spiro atoms. The Bertz CT molecular complexity index is 64.4. The predicted octanol–water partition coefficient (Wildman–Crippen LogP) is 6.90. The first-order valence-electron chi connectivity index (χ1n) is 5.09. The van der Waals surface area contributed by atoms with Crippen LogP contribution in [0.3, 0.4) is 0 Å². The van der Waals surface area contributed by atoms with Crippen LogP contribution >= 0.6 is 0 Å². The van der Waals surface area contributed by atoms with E-state index in [1.54, 1.807) is 0 Å². The number of hydrogen-bond donors (Lipinski definition) is 0. The molecular formula is C15H42. The summed E-state index contributed by atoms with van der Waals surface area (Å²) in [5.41, 5.74) is 0. The molecule has 0 fully saturated rings. The van der Waals surface area contributed by atoms with Crippen LogP contribution in [0.25, 0.3) is 0 Å². The molecule has 0 bridgehead atoms. The van der Waals surface area contributed by atoms with Gasteiger partial charge in [0.2, 0.25) is 0 Å². The lowest BCUT2D eigenvalue weighted by Crippen LogP contribution is -2.12. The van der Waals surface area contributed by atoms with Crippen LogP contribution in [0.15, 0.2) is 0 Å². The van der Waals surface area contributed by atoms with Crippen molar-refractivity contribution in [2.24, 2.45) is 17.8 Å². The number of rotatable bonds is 3. The minimum Gasteiger partial charge on any atom is -0.0776 e. The summed E-state index contributed by atoms with van der Waals surface area (Å²) in [6, 6.07) is 0. The Morgan fingerprint density at radius 3 is 1.07 bits per heavy atom. The van der Waals surface area contributed by atoms with E-state index in [-0.39, 0.29) is 29.7 Å². The molecule has 0 aromatic carbocycles. The molecule has 0 N–H and O–H groups in total. The SMILES string of the molecule is C.C.C.C.CC.CCC(C)C(C)C(C)C. The second kappa shape index (κ2) is 23.7. The summed E-state index contributed by atoms with van der Waals surface area (Å²) in [4.78, 5) is 0. The van der Waals surface area contributed by atoms with E-state index in [2.05, 4.69) is 34.6 Å². The van der Waals surface area contributed by atoms with E-state index in [1.807, 2.05) is 13.8 Å². The van der Waals surface area contributed by atoms with Crippen LogP contribution in [0, 0.1) is 17.8 Å². The molecule has 0 amide bonds. The lowest BCUT2D eigenvalue weighted by molar-refractivity contribution is 0.289. The van der Waals surface area contributed by atoms with Gasteiger partial charge >= 0.3 is 0 Å². The van der Waals surface area contributed by atoms with E-state index < -0.39 is 0 Å². The van der Waals surface area contributed by atoms with Gasteiger partial charge in [0, 0.05) is 0 Å². The Morgan fingerprint density at radius 1 is 0.733 bits per heavy atom. The summed E-state index contributed by atoms with van der Waals surface area (Å²) in [6.45, 7) is 15.6. The summed E-state index contributed by atoms with van der Waals surface area (Å²) < 4.78 is 0. The summed E-state index contributed by atoms with van der Waals surface area (Å²) in [5, 5.41) is 0. The van der Waals surface area contributed by atoms with E-state index >= 15 is 0 Å². The molecule has 0 saturated heterocycles. The highest BCUT2D eigenvalue weighted by Gasteiger charge is 2.12. The van der Waals surface area contributed by atoms with Crippen molar-refractivity contribution in [2.45, 2.75) is 84.6 Å². The van der Waals surface area contributed by atoms with Gasteiger partial charge in [-0.25, -0.2) is 0 Å². The molecule has 0 radical (unpaired) electrons. The van der Waals surface area contributed by atoms with Crippen LogP contribution in [0.1, 0.15) is 84.6 Å². The third-order valence-corrected chi connectivity index (χ3v) is 2.59. The molecule has 0 rings (SSSR count). The molecule has 2 atom stereocenters. The van der Waals surface area contributed by atoms with Crippen molar-refractivity contribution in [3.05, 3.63) is 0 Å². The molecule has 15 heavy (non-hydrogen) atoms. The largest absolute Gasteiger partial charge is 0.0776 e. The average Bonchev–Trinajstić information content (AvgIpc) is 2.05. The number of hydrogen-bond acceptors (Lipinski definition) is 0. The third kappa shape index (κ3) is 20.2. The van der Waals surface area contributed by atoms with Gasteiger partial charge in [0.1, 0.15) is 0 Å². The lowest BCUT2D eigenvalue weighted by atomic mass is 9.85. The highest BCUT2D eigenvalue weighted by molar-refractivity contribution is 4.62. The summed E-state index contributed by atoms with van der Waals surface area (Å²) >= 11 is 0. The molecule has 102 valence electrons. The predicted molar refractivity (Wildman–Crippen MR) is 81.7 cm³/mol. The minimum atomic E-state index is 0. The molecule has 0 aliphatic carbocycles. The third-order valence-electron chi connectivity index (χ3n) is 2.59.